The van der Waals surface area contributed by atoms with Gasteiger partial charge in [0.2, 0.25) is 5.91 Å². The van der Waals surface area contributed by atoms with Crippen molar-refractivity contribution in [2.24, 2.45) is 0 Å². The fourth-order valence-corrected chi connectivity index (χ4v) is 2.91. The van der Waals surface area contributed by atoms with Crippen LogP contribution in [-0.2, 0) is 9.59 Å². The standard InChI is InChI=1S/C17H14BrFN2O3/c1-10(24-15-7-6-11(19)8-12(15)18)17(23)21-9-16(22)20-13-4-2-3-5-14(13)21/h2-8,10H,9H2,1H3,(H,20,22). The van der Waals surface area contributed by atoms with Crippen molar-refractivity contribution in [1.82, 2.24) is 0 Å². The highest BCUT2D eigenvalue weighted by Crippen LogP contribution is 2.31. The number of nitrogens with one attached hydrogen (secondary N) is 1. The number of para-hydroxylation sites is 2. The smallest absolute Gasteiger partial charge is 0.268 e. The first-order valence-electron chi connectivity index (χ1n) is 7.27. The molecule has 0 fully saturated rings. The van der Waals surface area contributed by atoms with Gasteiger partial charge in [0.15, 0.2) is 6.10 Å². The summed E-state index contributed by atoms with van der Waals surface area (Å²) >= 11 is 3.20. The number of nitrogens with zero attached hydrogens (tertiary/aromatic N) is 1. The van der Waals surface area contributed by atoms with Gasteiger partial charge in [0.25, 0.3) is 5.91 Å². The third-order valence-electron chi connectivity index (χ3n) is 3.58. The molecule has 1 N–H and O–H groups in total. The van der Waals surface area contributed by atoms with Gasteiger partial charge in [0, 0.05) is 0 Å². The number of rotatable bonds is 3. The Morgan fingerprint density at radius 3 is 2.83 bits per heavy atom. The van der Waals surface area contributed by atoms with Crippen molar-refractivity contribution in [3.05, 3.63) is 52.8 Å². The second-order valence-corrected chi connectivity index (χ2v) is 6.18. The summed E-state index contributed by atoms with van der Waals surface area (Å²) < 4.78 is 19.2. The minimum absolute atomic E-state index is 0.0753. The average Bonchev–Trinajstić information content (AvgIpc) is 2.55. The molecule has 0 saturated heterocycles. The zero-order valence-corrected chi connectivity index (χ0v) is 14.3. The Morgan fingerprint density at radius 2 is 2.08 bits per heavy atom. The lowest BCUT2D eigenvalue weighted by molar-refractivity contribution is -0.126. The van der Waals surface area contributed by atoms with Crippen LogP contribution in [0, 0.1) is 5.82 Å². The van der Waals surface area contributed by atoms with Crippen molar-refractivity contribution in [1.29, 1.82) is 0 Å². The van der Waals surface area contributed by atoms with Gasteiger partial charge in [-0.3, -0.25) is 14.5 Å². The molecule has 0 radical (unpaired) electrons. The fourth-order valence-electron chi connectivity index (χ4n) is 2.46. The Bertz CT molecular complexity index is 812. The molecule has 1 aliphatic rings. The van der Waals surface area contributed by atoms with E-state index in [0.29, 0.717) is 21.6 Å². The number of ether oxygens (including phenoxy) is 1. The average molecular weight is 393 g/mol. The van der Waals surface area contributed by atoms with Crippen molar-refractivity contribution in [2.75, 3.05) is 16.8 Å². The van der Waals surface area contributed by atoms with Crippen molar-refractivity contribution in [2.45, 2.75) is 13.0 Å². The first-order valence-corrected chi connectivity index (χ1v) is 8.07. The summed E-state index contributed by atoms with van der Waals surface area (Å²) in [7, 11) is 0. The maximum atomic E-state index is 13.1. The molecule has 3 rings (SSSR count). The first kappa shape index (κ1) is 16.4. The lowest BCUT2D eigenvalue weighted by Gasteiger charge is -2.31. The summed E-state index contributed by atoms with van der Waals surface area (Å²) in [6.45, 7) is 1.52. The van der Waals surface area contributed by atoms with Crippen LogP contribution < -0.4 is 15.0 Å². The number of carbonyl (C=O) groups excluding carboxylic acids is 2. The summed E-state index contributed by atoms with van der Waals surface area (Å²) in [5.41, 5.74) is 1.20. The lowest BCUT2D eigenvalue weighted by Crippen LogP contribution is -2.47. The van der Waals surface area contributed by atoms with Crippen LogP contribution in [-0.4, -0.2) is 24.5 Å². The molecule has 0 aliphatic carbocycles. The molecule has 5 nitrogen and oxygen atoms in total. The molecule has 1 aliphatic heterocycles. The molecule has 0 spiro atoms. The molecule has 2 aromatic carbocycles. The van der Waals surface area contributed by atoms with Crippen LogP contribution in [0.4, 0.5) is 15.8 Å². The number of hydrogen-bond acceptors (Lipinski definition) is 3. The molecule has 0 aromatic heterocycles. The maximum Gasteiger partial charge on any atom is 0.268 e. The Kier molecular flexibility index (Phi) is 4.53. The SMILES string of the molecule is CC(Oc1ccc(F)cc1Br)C(=O)N1CC(=O)Nc2ccccc21. The maximum absolute atomic E-state index is 13.1. The van der Waals surface area contributed by atoms with Crippen molar-refractivity contribution in [3.63, 3.8) is 0 Å². The van der Waals surface area contributed by atoms with Gasteiger partial charge in [0.1, 0.15) is 18.1 Å². The molecule has 0 saturated carbocycles. The number of benzene rings is 2. The predicted molar refractivity (Wildman–Crippen MR) is 91.6 cm³/mol. The molecule has 24 heavy (non-hydrogen) atoms. The summed E-state index contributed by atoms with van der Waals surface area (Å²) in [6, 6.07) is 11.0. The van der Waals surface area contributed by atoms with Crippen molar-refractivity contribution in [3.8, 4) is 5.75 Å². The molecule has 2 amide bonds. The van der Waals surface area contributed by atoms with E-state index < -0.39 is 11.9 Å². The van der Waals surface area contributed by atoms with Gasteiger partial charge in [-0.1, -0.05) is 12.1 Å². The van der Waals surface area contributed by atoms with Gasteiger partial charge in [-0.05, 0) is 53.2 Å². The molecule has 1 atom stereocenters. The normalized spacial score (nSPS) is 14.6. The van der Waals surface area contributed by atoms with Crippen LogP contribution in [0.3, 0.4) is 0 Å². The van der Waals surface area contributed by atoms with E-state index in [2.05, 4.69) is 21.2 Å². The zero-order valence-electron chi connectivity index (χ0n) is 12.8. The molecule has 124 valence electrons. The Balaban J connectivity index is 1.82. The van der Waals surface area contributed by atoms with Gasteiger partial charge in [0.05, 0.1) is 15.8 Å². The fraction of sp³-hybridized carbons (Fsp3) is 0.176. The van der Waals surface area contributed by atoms with Gasteiger partial charge in [-0.15, -0.1) is 0 Å². The third kappa shape index (κ3) is 3.26. The van der Waals surface area contributed by atoms with Crippen LogP contribution in [0.2, 0.25) is 0 Å². The van der Waals surface area contributed by atoms with Gasteiger partial charge in [-0.25, -0.2) is 4.39 Å². The van der Waals surface area contributed by atoms with Crippen LogP contribution in [0.1, 0.15) is 6.92 Å². The quantitative estimate of drug-likeness (QED) is 0.871. The molecule has 1 heterocycles. The van der Waals surface area contributed by atoms with Gasteiger partial charge in [-0.2, -0.15) is 0 Å². The summed E-state index contributed by atoms with van der Waals surface area (Å²) in [4.78, 5) is 25.9. The van der Waals surface area contributed by atoms with E-state index in [1.165, 1.54) is 23.1 Å². The van der Waals surface area contributed by atoms with Crippen LogP contribution in [0.15, 0.2) is 46.9 Å². The van der Waals surface area contributed by atoms with E-state index >= 15 is 0 Å². The number of halogens is 2. The number of anilines is 2. The van der Waals surface area contributed by atoms with Crippen LogP contribution in [0.25, 0.3) is 0 Å². The number of carbonyl (C=O) groups is 2. The molecule has 0 bridgehead atoms. The van der Waals surface area contributed by atoms with E-state index in [-0.39, 0.29) is 18.4 Å². The van der Waals surface area contributed by atoms with Gasteiger partial charge >= 0.3 is 0 Å². The second kappa shape index (κ2) is 6.60. The highest BCUT2D eigenvalue weighted by molar-refractivity contribution is 9.10. The predicted octanol–water partition coefficient (Wildman–Crippen LogP) is 3.34. The highest BCUT2D eigenvalue weighted by Gasteiger charge is 2.30. The van der Waals surface area contributed by atoms with Crippen LogP contribution >= 0.6 is 15.9 Å². The van der Waals surface area contributed by atoms with E-state index in [9.17, 15) is 14.0 Å². The number of hydrogen-bond donors (Lipinski definition) is 1. The van der Waals surface area contributed by atoms with Crippen LogP contribution in [0.5, 0.6) is 5.75 Å². The minimum Gasteiger partial charge on any atom is -0.480 e. The van der Waals surface area contributed by atoms with Crippen molar-refractivity contribution >= 4 is 39.1 Å². The van der Waals surface area contributed by atoms with Crippen molar-refractivity contribution < 1.29 is 18.7 Å². The largest absolute Gasteiger partial charge is 0.480 e. The second-order valence-electron chi connectivity index (χ2n) is 5.32. The Labute approximate surface area is 146 Å². The molecular weight excluding hydrogens is 379 g/mol. The Morgan fingerprint density at radius 1 is 1.33 bits per heavy atom. The zero-order chi connectivity index (χ0) is 17.3. The molecular formula is C17H14BrFN2O3. The first-order chi connectivity index (χ1) is 11.5. The molecule has 2 aromatic rings. The third-order valence-corrected chi connectivity index (χ3v) is 4.20. The van der Waals surface area contributed by atoms with E-state index in [0.717, 1.165) is 0 Å². The topological polar surface area (TPSA) is 58.6 Å². The summed E-state index contributed by atoms with van der Waals surface area (Å²) in [6.07, 6.45) is -0.842. The molecule has 7 heteroatoms. The Hall–Kier alpha value is -2.41. The number of amides is 2. The highest BCUT2D eigenvalue weighted by atomic mass is 79.9. The summed E-state index contributed by atoms with van der Waals surface area (Å²) in [5, 5.41) is 2.73. The monoisotopic (exact) mass is 392 g/mol. The molecule has 1 unspecified atom stereocenters. The lowest BCUT2D eigenvalue weighted by atomic mass is 10.1. The van der Waals surface area contributed by atoms with E-state index in [1.54, 1.807) is 31.2 Å². The van der Waals surface area contributed by atoms with Gasteiger partial charge < -0.3 is 10.1 Å². The number of fused-ring (bicyclic) bond motifs is 1. The summed E-state index contributed by atoms with van der Waals surface area (Å²) in [5.74, 6) is -0.674. The van der Waals surface area contributed by atoms with E-state index in [4.69, 9.17) is 4.74 Å². The van der Waals surface area contributed by atoms with E-state index in [1.807, 2.05) is 0 Å². The minimum atomic E-state index is -0.842.